The van der Waals surface area contributed by atoms with E-state index in [4.69, 9.17) is 10.5 Å². The van der Waals surface area contributed by atoms with E-state index in [1.807, 2.05) is 0 Å². The third-order valence-electron chi connectivity index (χ3n) is 2.16. The van der Waals surface area contributed by atoms with Crippen LogP contribution in [0.25, 0.3) is 0 Å². The number of carbonyl (C=O) groups excluding carboxylic acids is 1. The summed E-state index contributed by atoms with van der Waals surface area (Å²) >= 11 is 0. The molecule has 11 heteroatoms. The number of halogens is 3. The maximum Gasteiger partial charge on any atom is 0.422 e. The molecule has 0 aliphatic heterocycles. The van der Waals surface area contributed by atoms with Gasteiger partial charge in [-0.3, -0.25) is 5.32 Å². The molecule has 0 saturated heterocycles. The van der Waals surface area contributed by atoms with Gasteiger partial charge in [-0.15, -0.1) is 0 Å². The van der Waals surface area contributed by atoms with E-state index in [-0.39, 0.29) is 5.75 Å². The number of nitrogen functional groups attached to an aromatic ring is 1. The Morgan fingerprint density at radius 2 is 1.87 bits per heavy atom. The highest BCUT2D eigenvalue weighted by atomic mass is 19.4. The lowest BCUT2D eigenvalue weighted by Crippen LogP contribution is -2.22. The molecule has 122 valence electrons. The number of nitrogens with one attached hydrogen (secondary N) is 1. The van der Waals surface area contributed by atoms with Crippen LogP contribution in [0.5, 0.6) is 11.8 Å². The van der Waals surface area contributed by atoms with Crippen LogP contribution in [0.15, 0.2) is 30.3 Å². The lowest BCUT2D eigenvalue weighted by molar-refractivity contribution is -0.154. The van der Waals surface area contributed by atoms with Gasteiger partial charge in [-0.1, -0.05) is 18.2 Å². The molecule has 0 aliphatic carbocycles. The van der Waals surface area contributed by atoms with Gasteiger partial charge < -0.3 is 15.2 Å². The number of alkyl halides is 3. The Hall–Kier alpha value is -3.11. The molecule has 0 radical (unpaired) electrons. The Morgan fingerprint density at radius 3 is 2.52 bits per heavy atom. The van der Waals surface area contributed by atoms with Gasteiger partial charge in [0, 0.05) is 0 Å². The highest BCUT2D eigenvalue weighted by molar-refractivity contribution is 5.84. The fourth-order valence-electron chi connectivity index (χ4n) is 1.35. The monoisotopic (exact) mass is 329 g/mol. The number of aromatic nitrogens is 3. The van der Waals surface area contributed by atoms with Crippen molar-refractivity contribution in [3.8, 4) is 11.8 Å². The van der Waals surface area contributed by atoms with Crippen molar-refractivity contribution in [2.24, 2.45) is 0 Å². The van der Waals surface area contributed by atoms with Crippen molar-refractivity contribution in [1.82, 2.24) is 15.0 Å². The molecule has 0 fully saturated rings. The number of para-hydroxylation sites is 1. The summed E-state index contributed by atoms with van der Waals surface area (Å²) < 4.78 is 45.5. The summed E-state index contributed by atoms with van der Waals surface area (Å²) in [5.41, 5.74) is 5.31. The predicted molar refractivity (Wildman–Crippen MR) is 71.9 cm³/mol. The summed E-state index contributed by atoms with van der Waals surface area (Å²) in [6.45, 7) is -1.61. The molecule has 0 spiro atoms. The maximum atomic E-state index is 12.1. The number of ether oxygens (including phenoxy) is 2. The molecule has 3 N–H and O–H groups in total. The van der Waals surface area contributed by atoms with E-state index in [0.29, 0.717) is 0 Å². The van der Waals surface area contributed by atoms with Crippen molar-refractivity contribution in [2.75, 3.05) is 17.7 Å². The SMILES string of the molecule is Nc1nc(NC(=O)Oc2ccccc2)nc(OCC(F)(F)F)n1. The second-order valence-corrected chi connectivity index (χ2v) is 4.03. The molecule has 2 rings (SSSR count). The number of rotatable bonds is 4. The van der Waals surface area contributed by atoms with Crippen molar-refractivity contribution in [3.05, 3.63) is 30.3 Å². The van der Waals surface area contributed by atoms with E-state index in [1.54, 1.807) is 18.2 Å². The van der Waals surface area contributed by atoms with Gasteiger partial charge >= 0.3 is 18.3 Å². The molecular weight excluding hydrogens is 319 g/mol. The van der Waals surface area contributed by atoms with Crippen LogP contribution in [0.4, 0.5) is 29.9 Å². The standard InChI is InChI=1S/C12H10F3N5O3/c13-12(14,15)6-22-10-18-8(16)17-9(19-10)20-11(21)23-7-4-2-1-3-5-7/h1-5H,6H2,(H3,16,17,18,19,20,21). The largest absolute Gasteiger partial charge is 0.454 e. The molecule has 0 saturated carbocycles. The minimum atomic E-state index is -4.57. The number of nitrogens with two attached hydrogens (primary N) is 1. The van der Waals surface area contributed by atoms with Crippen LogP contribution < -0.4 is 20.5 Å². The van der Waals surface area contributed by atoms with Gasteiger partial charge in [0.2, 0.25) is 11.9 Å². The van der Waals surface area contributed by atoms with Crippen molar-refractivity contribution in [1.29, 1.82) is 0 Å². The number of hydrogen-bond donors (Lipinski definition) is 2. The molecule has 1 amide bonds. The van der Waals surface area contributed by atoms with Gasteiger partial charge in [-0.2, -0.15) is 28.1 Å². The fourth-order valence-corrected chi connectivity index (χ4v) is 1.35. The maximum absolute atomic E-state index is 12.1. The van der Waals surface area contributed by atoms with E-state index in [2.05, 4.69) is 25.0 Å². The van der Waals surface area contributed by atoms with Gasteiger partial charge in [0.25, 0.3) is 0 Å². The topological polar surface area (TPSA) is 112 Å². The number of carbonyl (C=O) groups is 1. The lowest BCUT2D eigenvalue weighted by Gasteiger charge is -2.09. The van der Waals surface area contributed by atoms with Crippen LogP contribution in [0.1, 0.15) is 0 Å². The number of hydrogen-bond acceptors (Lipinski definition) is 7. The molecule has 8 nitrogen and oxygen atoms in total. The predicted octanol–water partition coefficient (Wildman–Crippen LogP) is 2.01. The second-order valence-electron chi connectivity index (χ2n) is 4.03. The summed E-state index contributed by atoms with van der Waals surface area (Å²) in [5.74, 6) is -0.580. The Bertz CT molecular complexity index is 681. The molecule has 0 unspecified atom stereocenters. The molecule has 23 heavy (non-hydrogen) atoms. The zero-order valence-electron chi connectivity index (χ0n) is 11.4. The first-order chi connectivity index (χ1) is 10.8. The van der Waals surface area contributed by atoms with Gasteiger partial charge in [0.05, 0.1) is 0 Å². The second kappa shape index (κ2) is 6.77. The zero-order chi connectivity index (χ0) is 16.9. The lowest BCUT2D eigenvalue weighted by atomic mass is 10.3. The normalized spacial score (nSPS) is 10.9. The number of anilines is 2. The third kappa shape index (κ3) is 5.65. The molecule has 0 bridgehead atoms. The molecule has 2 aromatic rings. The fraction of sp³-hybridized carbons (Fsp3) is 0.167. The molecule has 0 atom stereocenters. The third-order valence-corrected chi connectivity index (χ3v) is 2.16. The van der Waals surface area contributed by atoms with E-state index in [9.17, 15) is 18.0 Å². The van der Waals surface area contributed by atoms with Crippen LogP contribution in [-0.2, 0) is 0 Å². The van der Waals surface area contributed by atoms with Crippen LogP contribution in [-0.4, -0.2) is 33.8 Å². The summed E-state index contributed by atoms with van der Waals surface area (Å²) in [6.07, 6.45) is -5.52. The Balaban J connectivity index is 2.02. The Labute approximate surface area is 127 Å². The van der Waals surface area contributed by atoms with Crippen molar-refractivity contribution in [3.63, 3.8) is 0 Å². The Morgan fingerprint density at radius 1 is 1.17 bits per heavy atom. The zero-order valence-corrected chi connectivity index (χ0v) is 11.4. The van der Waals surface area contributed by atoms with Crippen LogP contribution >= 0.6 is 0 Å². The van der Waals surface area contributed by atoms with Gasteiger partial charge in [-0.25, -0.2) is 4.79 Å². The smallest absolute Gasteiger partial charge is 0.422 e. The quantitative estimate of drug-likeness (QED) is 0.882. The van der Waals surface area contributed by atoms with Gasteiger partial charge in [0.1, 0.15) is 5.75 Å². The average molecular weight is 329 g/mol. The number of amides is 1. The molecule has 1 heterocycles. The summed E-state index contributed by atoms with van der Waals surface area (Å²) in [7, 11) is 0. The van der Waals surface area contributed by atoms with E-state index >= 15 is 0 Å². The van der Waals surface area contributed by atoms with Crippen LogP contribution in [0.2, 0.25) is 0 Å². The van der Waals surface area contributed by atoms with E-state index in [0.717, 1.165) is 0 Å². The first-order valence-corrected chi connectivity index (χ1v) is 6.07. The average Bonchev–Trinajstić information content (AvgIpc) is 2.45. The van der Waals surface area contributed by atoms with Crippen molar-refractivity contribution < 1.29 is 27.4 Å². The molecule has 0 aliphatic rings. The van der Waals surface area contributed by atoms with Crippen molar-refractivity contribution >= 4 is 18.0 Å². The highest BCUT2D eigenvalue weighted by Gasteiger charge is 2.29. The highest BCUT2D eigenvalue weighted by Crippen LogP contribution is 2.17. The minimum absolute atomic E-state index is 0.251. The molecular formula is C12H10F3N5O3. The van der Waals surface area contributed by atoms with Crippen LogP contribution in [0.3, 0.4) is 0 Å². The molecule has 1 aromatic carbocycles. The van der Waals surface area contributed by atoms with E-state index in [1.165, 1.54) is 12.1 Å². The number of benzene rings is 1. The summed E-state index contributed by atoms with van der Waals surface area (Å²) in [4.78, 5) is 22.0. The first kappa shape index (κ1) is 16.3. The minimum Gasteiger partial charge on any atom is -0.454 e. The van der Waals surface area contributed by atoms with Gasteiger partial charge in [-0.05, 0) is 12.1 Å². The summed E-state index contributed by atoms with van der Waals surface area (Å²) in [6, 6.07) is 7.39. The van der Waals surface area contributed by atoms with Crippen LogP contribution in [0, 0.1) is 0 Å². The van der Waals surface area contributed by atoms with E-state index < -0.39 is 36.8 Å². The first-order valence-electron chi connectivity index (χ1n) is 6.07. The number of nitrogens with zero attached hydrogens (tertiary/aromatic N) is 3. The van der Waals surface area contributed by atoms with Crippen molar-refractivity contribution in [2.45, 2.75) is 6.18 Å². The Kier molecular flexibility index (Phi) is 4.79. The van der Waals surface area contributed by atoms with Gasteiger partial charge in [0.15, 0.2) is 6.61 Å². The summed E-state index contributed by atoms with van der Waals surface area (Å²) in [5, 5.41) is 2.10. The molecule has 1 aromatic heterocycles.